The minimum atomic E-state index is -3.68. The molecule has 1 amide bonds. The summed E-state index contributed by atoms with van der Waals surface area (Å²) in [4.78, 5) is 14.2. The molecule has 1 saturated heterocycles. The van der Waals surface area contributed by atoms with E-state index in [1.165, 1.54) is 11.4 Å². The van der Waals surface area contributed by atoms with Crippen LogP contribution in [-0.2, 0) is 26.0 Å². The van der Waals surface area contributed by atoms with Crippen LogP contribution in [0.2, 0.25) is 0 Å². The second-order valence-electron chi connectivity index (χ2n) is 6.41. The first-order chi connectivity index (χ1) is 11.9. The smallest absolute Gasteiger partial charge is 0.246 e. The summed E-state index contributed by atoms with van der Waals surface area (Å²) in [7, 11) is -0.440. The number of morpholine rings is 1. The highest BCUT2D eigenvalue weighted by Crippen LogP contribution is 2.30. The van der Waals surface area contributed by atoms with Crippen LogP contribution in [0.25, 0.3) is 0 Å². The van der Waals surface area contributed by atoms with E-state index in [0.29, 0.717) is 43.7 Å². The number of nitrogens with zero attached hydrogens (tertiary/aromatic N) is 2. The van der Waals surface area contributed by atoms with E-state index in [4.69, 9.17) is 9.47 Å². The molecule has 3 rings (SSSR count). The van der Waals surface area contributed by atoms with Crippen molar-refractivity contribution in [3.63, 3.8) is 0 Å². The maximum atomic E-state index is 13.0. The largest absolute Gasteiger partial charge is 0.495 e. The Balaban J connectivity index is 1.85. The second-order valence-corrected chi connectivity index (χ2v) is 8.32. The lowest BCUT2D eigenvalue weighted by molar-refractivity contribution is -0.129. The average Bonchev–Trinajstić information content (AvgIpc) is 3.47. The molecule has 0 aromatic heterocycles. The van der Waals surface area contributed by atoms with Gasteiger partial charge in [0.25, 0.3) is 0 Å². The first-order valence-corrected chi connectivity index (χ1v) is 9.88. The third-order valence-electron chi connectivity index (χ3n) is 4.66. The van der Waals surface area contributed by atoms with Crippen LogP contribution in [0.4, 0.5) is 0 Å². The summed E-state index contributed by atoms with van der Waals surface area (Å²) >= 11 is 0. The van der Waals surface area contributed by atoms with Crippen molar-refractivity contribution < 1.29 is 22.7 Å². The van der Waals surface area contributed by atoms with Crippen LogP contribution in [0.3, 0.4) is 0 Å². The Morgan fingerprint density at radius 2 is 2.00 bits per heavy atom. The van der Waals surface area contributed by atoms with Gasteiger partial charge in [-0.05, 0) is 30.5 Å². The van der Waals surface area contributed by atoms with E-state index in [0.717, 1.165) is 12.8 Å². The normalized spacial score (nSPS) is 18.8. The van der Waals surface area contributed by atoms with Gasteiger partial charge in [-0.1, -0.05) is 6.07 Å². The number of hydrogen-bond acceptors (Lipinski definition) is 5. The molecule has 8 heteroatoms. The molecule has 0 N–H and O–H groups in total. The number of rotatable bonds is 6. The Morgan fingerprint density at radius 1 is 1.32 bits per heavy atom. The minimum Gasteiger partial charge on any atom is -0.495 e. The fourth-order valence-electron chi connectivity index (χ4n) is 2.92. The lowest BCUT2D eigenvalue weighted by atomic mass is 10.1. The third kappa shape index (κ3) is 3.96. The Morgan fingerprint density at radius 3 is 2.60 bits per heavy atom. The first kappa shape index (κ1) is 18.2. The molecule has 138 valence electrons. The zero-order valence-electron chi connectivity index (χ0n) is 14.6. The van der Waals surface area contributed by atoms with E-state index in [2.05, 4.69) is 0 Å². The lowest BCUT2D eigenvalue weighted by Crippen LogP contribution is -2.40. The van der Waals surface area contributed by atoms with Gasteiger partial charge in [-0.25, -0.2) is 8.42 Å². The van der Waals surface area contributed by atoms with Crippen molar-refractivity contribution in [1.29, 1.82) is 0 Å². The molecule has 2 aliphatic rings. The molecule has 0 bridgehead atoms. The van der Waals surface area contributed by atoms with E-state index < -0.39 is 10.0 Å². The molecule has 1 heterocycles. The monoisotopic (exact) mass is 368 g/mol. The maximum absolute atomic E-state index is 13.0. The van der Waals surface area contributed by atoms with E-state index in [9.17, 15) is 13.2 Å². The molecular weight excluding hydrogens is 344 g/mol. The number of likely N-dealkylation sites (N-methyl/N-ethyl adjacent to an activating group) is 1. The molecule has 25 heavy (non-hydrogen) atoms. The third-order valence-corrected chi connectivity index (χ3v) is 6.58. The number of hydrogen-bond donors (Lipinski definition) is 0. The van der Waals surface area contributed by atoms with Crippen LogP contribution in [0.5, 0.6) is 5.75 Å². The molecule has 1 aliphatic heterocycles. The topological polar surface area (TPSA) is 76.2 Å². The van der Waals surface area contributed by atoms with E-state index >= 15 is 0 Å². The summed E-state index contributed by atoms with van der Waals surface area (Å²) in [6.07, 6.45) is 2.27. The Bertz CT molecular complexity index is 739. The quantitative estimate of drug-likeness (QED) is 0.745. The number of carbonyl (C=O) groups excluding carboxylic acids is 1. The Kier molecular flexibility index (Phi) is 5.31. The number of ether oxygens (including phenoxy) is 2. The summed E-state index contributed by atoms with van der Waals surface area (Å²) in [5, 5.41) is 0. The summed E-state index contributed by atoms with van der Waals surface area (Å²) in [5.41, 5.74) is 0.671. The molecule has 0 atom stereocenters. The predicted molar refractivity (Wildman–Crippen MR) is 92.1 cm³/mol. The molecule has 1 aromatic rings. The van der Waals surface area contributed by atoms with Crippen molar-refractivity contribution >= 4 is 15.9 Å². The standard InChI is InChI=1S/C17H24N2O5S/c1-18(14-4-5-14)17(20)12-13-3-6-15(23-2)16(11-13)25(21,22)19-7-9-24-10-8-19/h3,6,11,14H,4-5,7-10,12H2,1-2H3. The second kappa shape index (κ2) is 7.31. The van der Waals surface area contributed by atoms with Gasteiger partial charge in [0, 0.05) is 26.2 Å². The van der Waals surface area contributed by atoms with Crippen LogP contribution < -0.4 is 4.74 Å². The molecule has 1 aliphatic carbocycles. The van der Waals surface area contributed by atoms with Gasteiger partial charge in [0.1, 0.15) is 10.6 Å². The fraction of sp³-hybridized carbons (Fsp3) is 0.588. The van der Waals surface area contributed by atoms with Gasteiger partial charge in [0.05, 0.1) is 26.7 Å². The number of benzene rings is 1. The summed E-state index contributed by atoms with van der Waals surface area (Å²) in [5.74, 6) is 0.292. The highest BCUT2D eigenvalue weighted by Gasteiger charge is 2.31. The highest BCUT2D eigenvalue weighted by molar-refractivity contribution is 7.89. The number of amides is 1. The van der Waals surface area contributed by atoms with Gasteiger partial charge in [0.15, 0.2) is 0 Å². The van der Waals surface area contributed by atoms with Gasteiger partial charge < -0.3 is 14.4 Å². The van der Waals surface area contributed by atoms with Crippen molar-refractivity contribution in [2.75, 3.05) is 40.5 Å². The number of carbonyl (C=O) groups is 1. The van der Waals surface area contributed by atoms with Crippen LogP contribution >= 0.6 is 0 Å². The van der Waals surface area contributed by atoms with Crippen LogP contribution in [0.15, 0.2) is 23.1 Å². The average molecular weight is 368 g/mol. The van der Waals surface area contributed by atoms with Crippen molar-refractivity contribution in [2.24, 2.45) is 0 Å². The molecule has 0 spiro atoms. The van der Waals surface area contributed by atoms with Crippen molar-refractivity contribution in [3.05, 3.63) is 23.8 Å². The minimum absolute atomic E-state index is 0.00221. The van der Waals surface area contributed by atoms with Crippen molar-refractivity contribution in [1.82, 2.24) is 9.21 Å². The maximum Gasteiger partial charge on any atom is 0.246 e. The molecule has 1 saturated carbocycles. The lowest BCUT2D eigenvalue weighted by Gasteiger charge is -2.27. The Hall–Kier alpha value is -1.64. The molecule has 0 radical (unpaired) electrons. The van der Waals surface area contributed by atoms with Crippen LogP contribution in [0.1, 0.15) is 18.4 Å². The summed E-state index contributed by atoms with van der Waals surface area (Å²) < 4.78 is 37.8. The number of sulfonamides is 1. The van der Waals surface area contributed by atoms with Crippen LogP contribution in [0, 0.1) is 0 Å². The van der Waals surface area contributed by atoms with E-state index in [-0.39, 0.29) is 17.2 Å². The van der Waals surface area contributed by atoms with Gasteiger partial charge in [-0.3, -0.25) is 4.79 Å². The summed E-state index contributed by atoms with van der Waals surface area (Å²) in [6.45, 7) is 1.40. The van der Waals surface area contributed by atoms with Crippen molar-refractivity contribution in [2.45, 2.75) is 30.2 Å². The Labute approximate surface area is 148 Å². The molecule has 0 unspecified atom stereocenters. The molecule has 1 aromatic carbocycles. The molecular formula is C17H24N2O5S. The zero-order chi connectivity index (χ0) is 18.0. The van der Waals surface area contributed by atoms with Crippen LogP contribution in [-0.4, -0.2) is 70.0 Å². The molecule has 7 nitrogen and oxygen atoms in total. The van der Waals surface area contributed by atoms with Gasteiger partial charge in [-0.15, -0.1) is 0 Å². The van der Waals surface area contributed by atoms with Crippen molar-refractivity contribution in [3.8, 4) is 5.75 Å². The SMILES string of the molecule is COc1ccc(CC(=O)N(C)C2CC2)cc1S(=O)(=O)N1CCOCC1. The van der Waals surface area contributed by atoms with Gasteiger partial charge in [-0.2, -0.15) is 4.31 Å². The fourth-order valence-corrected chi connectivity index (χ4v) is 4.54. The number of methoxy groups -OCH3 is 1. The van der Waals surface area contributed by atoms with E-state index in [1.54, 1.807) is 30.1 Å². The molecule has 2 fully saturated rings. The van der Waals surface area contributed by atoms with Gasteiger partial charge >= 0.3 is 0 Å². The summed E-state index contributed by atoms with van der Waals surface area (Å²) in [6, 6.07) is 5.26. The highest BCUT2D eigenvalue weighted by atomic mass is 32.2. The first-order valence-electron chi connectivity index (χ1n) is 8.44. The predicted octanol–water partition coefficient (Wildman–Crippen LogP) is 0.879. The zero-order valence-corrected chi connectivity index (χ0v) is 15.4. The van der Waals surface area contributed by atoms with E-state index in [1.807, 2.05) is 0 Å². The van der Waals surface area contributed by atoms with Gasteiger partial charge in [0.2, 0.25) is 15.9 Å².